The quantitative estimate of drug-likeness (QED) is 0.637. The number of fused-ring (bicyclic) bond motifs is 2. The molecular formula is C12H22O. The van der Waals surface area contributed by atoms with Crippen molar-refractivity contribution in [1.82, 2.24) is 0 Å². The average Bonchev–Trinajstić information content (AvgIpc) is 2.43. The first-order chi connectivity index (χ1) is 6.09. The van der Waals surface area contributed by atoms with E-state index in [-0.39, 0.29) is 0 Å². The molecule has 2 bridgehead atoms. The van der Waals surface area contributed by atoms with Gasteiger partial charge in [0.1, 0.15) is 0 Å². The molecule has 2 aliphatic carbocycles. The molecule has 1 heteroatoms. The molecule has 2 fully saturated rings. The summed E-state index contributed by atoms with van der Waals surface area (Å²) in [4.78, 5) is 0. The van der Waals surface area contributed by atoms with Crippen molar-refractivity contribution in [1.29, 1.82) is 0 Å². The SMILES string of the molecule is CCO[C@@H]1[C@H](C)[C@H]2CC[C@@H]1C2(C)C. The van der Waals surface area contributed by atoms with Gasteiger partial charge in [0.05, 0.1) is 6.10 Å². The van der Waals surface area contributed by atoms with E-state index in [9.17, 15) is 0 Å². The van der Waals surface area contributed by atoms with Gasteiger partial charge in [-0.3, -0.25) is 0 Å². The van der Waals surface area contributed by atoms with Crippen molar-refractivity contribution in [2.75, 3.05) is 6.61 Å². The van der Waals surface area contributed by atoms with Crippen LogP contribution in [0.25, 0.3) is 0 Å². The molecule has 0 radical (unpaired) electrons. The predicted molar refractivity (Wildman–Crippen MR) is 54.6 cm³/mol. The van der Waals surface area contributed by atoms with Gasteiger partial charge in [0.2, 0.25) is 0 Å². The number of ether oxygens (including phenoxy) is 1. The van der Waals surface area contributed by atoms with Crippen LogP contribution in [-0.2, 0) is 4.74 Å². The lowest BCUT2D eigenvalue weighted by atomic mass is 9.80. The summed E-state index contributed by atoms with van der Waals surface area (Å²) in [5.74, 6) is 2.52. The van der Waals surface area contributed by atoms with Gasteiger partial charge in [-0.1, -0.05) is 20.8 Å². The summed E-state index contributed by atoms with van der Waals surface area (Å²) in [5.41, 5.74) is 0.541. The molecule has 76 valence electrons. The maximum Gasteiger partial charge on any atom is 0.0636 e. The molecule has 0 aromatic heterocycles. The second-order valence-electron chi connectivity index (χ2n) is 5.39. The molecular weight excluding hydrogens is 160 g/mol. The molecule has 2 saturated carbocycles. The highest BCUT2D eigenvalue weighted by Crippen LogP contribution is 2.60. The van der Waals surface area contributed by atoms with Crippen LogP contribution in [0.1, 0.15) is 40.5 Å². The van der Waals surface area contributed by atoms with Gasteiger partial charge in [0.25, 0.3) is 0 Å². The van der Waals surface area contributed by atoms with Crippen molar-refractivity contribution in [2.45, 2.75) is 46.6 Å². The Labute approximate surface area is 81.9 Å². The molecule has 4 atom stereocenters. The summed E-state index contributed by atoms with van der Waals surface area (Å²) in [5, 5.41) is 0. The van der Waals surface area contributed by atoms with Gasteiger partial charge in [0.15, 0.2) is 0 Å². The molecule has 0 amide bonds. The third-order valence-electron chi connectivity index (χ3n) is 4.61. The number of hydrogen-bond donors (Lipinski definition) is 0. The van der Waals surface area contributed by atoms with Crippen LogP contribution < -0.4 is 0 Å². The predicted octanol–water partition coefficient (Wildman–Crippen LogP) is 3.09. The molecule has 2 rings (SSSR count). The largest absolute Gasteiger partial charge is 0.378 e. The first-order valence-electron chi connectivity index (χ1n) is 5.70. The van der Waals surface area contributed by atoms with Crippen molar-refractivity contribution in [3.05, 3.63) is 0 Å². The second-order valence-corrected chi connectivity index (χ2v) is 5.39. The Hall–Kier alpha value is -0.0400. The summed E-state index contributed by atoms with van der Waals surface area (Å²) in [6.45, 7) is 10.3. The molecule has 1 nitrogen and oxygen atoms in total. The number of hydrogen-bond acceptors (Lipinski definition) is 1. The molecule has 0 heterocycles. The van der Waals surface area contributed by atoms with E-state index >= 15 is 0 Å². The van der Waals surface area contributed by atoms with Crippen molar-refractivity contribution in [3.63, 3.8) is 0 Å². The zero-order valence-electron chi connectivity index (χ0n) is 9.34. The Morgan fingerprint density at radius 1 is 1.23 bits per heavy atom. The van der Waals surface area contributed by atoms with E-state index in [0.29, 0.717) is 11.5 Å². The van der Waals surface area contributed by atoms with E-state index in [2.05, 4.69) is 27.7 Å². The zero-order chi connectivity index (χ0) is 9.64. The van der Waals surface area contributed by atoms with Crippen molar-refractivity contribution < 1.29 is 4.74 Å². The molecule has 0 aromatic rings. The van der Waals surface area contributed by atoms with E-state index in [1.807, 2.05) is 0 Å². The lowest BCUT2D eigenvalue weighted by molar-refractivity contribution is -0.0118. The monoisotopic (exact) mass is 182 g/mol. The maximum atomic E-state index is 5.88. The van der Waals surface area contributed by atoms with Crippen LogP contribution in [0.4, 0.5) is 0 Å². The van der Waals surface area contributed by atoms with Crippen molar-refractivity contribution >= 4 is 0 Å². The van der Waals surface area contributed by atoms with Gasteiger partial charge < -0.3 is 4.74 Å². The standard InChI is InChI=1S/C12H22O/c1-5-13-11-8(2)9-6-7-10(11)12(9,3)4/h8-11H,5-7H2,1-4H3/t8-,9-,10+,11-/m1/s1. The van der Waals surface area contributed by atoms with Gasteiger partial charge in [-0.2, -0.15) is 0 Å². The molecule has 0 spiro atoms. The Kier molecular flexibility index (Phi) is 2.18. The zero-order valence-corrected chi connectivity index (χ0v) is 9.34. The topological polar surface area (TPSA) is 9.23 Å². The summed E-state index contributed by atoms with van der Waals surface area (Å²) < 4.78 is 5.88. The van der Waals surface area contributed by atoms with E-state index in [0.717, 1.165) is 24.4 Å². The molecule has 0 unspecified atom stereocenters. The fraction of sp³-hybridized carbons (Fsp3) is 1.00. The van der Waals surface area contributed by atoms with Crippen LogP contribution in [-0.4, -0.2) is 12.7 Å². The minimum atomic E-state index is 0.541. The van der Waals surface area contributed by atoms with Crippen LogP contribution >= 0.6 is 0 Å². The Balaban J connectivity index is 2.18. The van der Waals surface area contributed by atoms with Gasteiger partial charge >= 0.3 is 0 Å². The minimum absolute atomic E-state index is 0.541. The van der Waals surface area contributed by atoms with Crippen LogP contribution in [0.2, 0.25) is 0 Å². The van der Waals surface area contributed by atoms with Crippen LogP contribution in [0.15, 0.2) is 0 Å². The lowest BCUT2D eigenvalue weighted by Gasteiger charge is -2.27. The Morgan fingerprint density at radius 3 is 2.31 bits per heavy atom. The first kappa shape index (κ1) is 9.51. The highest BCUT2D eigenvalue weighted by atomic mass is 16.5. The van der Waals surface area contributed by atoms with E-state index in [1.54, 1.807) is 0 Å². The molecule has 2 aliphatic rings. The van der Waals surface area contributed by atoms with E-state index < -0.39 is 0 Å². The van der Waals surface area contributed by atoms with E-state index in [1.165, 1.54) is 12.8 Å². The highest BCUT2D eigenvalue weighted by Gasteiger charge is 2.57. The van der Waals surface area contributed by atoms with Gasteiger partial charge in [-0.25, -0.2) is 0 Å². The van der Waals surface area contributed by atoms with Crippen LogP contribution in [0.5, 0.6) is 0 Å². The van der Waals surface area contributed by atoms with E-state index in [4.69, 9.17) is 4.74 Å². The van der Waals surface area contributed by atoms with Gasteiger partial charge in [-0.15, -0.1) is 0 Å². The summed E-state index contributed by atoms with van der Waals surface area (Å²) in [6, 6.07) is 0. The van der Waals surface area contributed by atoms with Crippen LogP contribution in [0.3, 0.4) is 0 Å². The third-order valence-corrected chi connectivity index (χ3v) is 4.61. The lowest BCUT2D eigenvalue weighted by Crippen LogP contribution is -2.29. The first-order valence-corrected chi connectivity index (χ1v) is 5.70. The Bertz CT molecular complexity index is 197. The number of rotatable bonds is 2. The molecule has 0 N–H and O–H groups in total. The van der Waals surface area contributed by atoms with Crippen molar-refractivity contribution in [2.24, 2.45) is 23.2 Å². The highest BCUT2D eigenvalue weighted by molar-refractivity contribution is 5.06. The van der Waals surface area contributed by atoms with Crippen LogP contribution in [0, 0.1) is 23.2 Å². The average molecular weight is 182 g/mol. The van der Waals surface area contributed by atoms with Crippen molar-refractivity contribution in [3.8, 4) is 0 Å². The maximum absolute atomic E-state index is 5.88. The fourth-order valence-corrected chi connectivity index (χ4v) is 3.96. The Morgan fingerprint density at radius 2 is 1.85 bits per heavy atom. The molecule has 0 saturated heterocycles. The smallest absolute Gasteiger partial charge is 0.0636 e. The summed E-state index contributed by atoms with van der Waals surface area (Å²) >= 11 is 0. The van der Waals surface area contributed by atoms with Gasteiger partial charge in [-0.05, 0) is 42.9 Å². The normalized spacial score (nSPS) is 47.1. The molecule has 13 heavy (non-hydrogen) atoms. The molecule has 0 aromatic carbocycles. The minimum Gasteiger partial charge on any atom is -0.378 e. The summed E-state index contributed by atoms with van der Waals surface area (Å²) in [6.07, 6.45) is 3.38. The second kappa shape index (κ2) is 2.98. The van der Waals surface area contributed by atoms with Gasteiger partial charge in [0, 0.05) is 6.61 Å². The molecule has 0 aliphatic heterocycles. The fourth-order valence-electron chi connectivity index (χ4n) is 3.96. The summed E-state index contributed by atoms with van der Waals surface area (Å²) in [7, 11) is 0. The third kappa shape index (κ3) is 1.16.